The Kier molecular flexibility index (Phi) is 8.86. The van der Waals surface area contributed by atoms with E-state index in [0.717, 1.165) is 11.1 Å². The topological polar surface area (TPSA) is 107 Å². The molecule has 1 N–H and O–H groups in total. The van der Waals surface area contributed by atoms with Crippen LogP contribution in [0.1, 0.15) is 44.4 Å². The third-order valence-corrected chi connectivity index (χ3v) is 8.15. The highest BCUT2D eigenvalue weighted by Gasteiger charge is 2.48. The Morgan fingerprint density at radius 3 is 2.37 bits per heavy atom. The van der Waals surface area contributed by atoms with Gasteiger partial charge in [0.05, 0.1) is 49.3 Å². The van der Waals surface area contributed by atoms with Crippen molar-refractivity contribution in [2.75, 3.05) is 32.3 Å². The van der Waals surface area contributed by atoms with Gasteiger partial charge in [0.25, 0.3) is 5.78 Å². The lowest BCUT2D eigenvalue weighted by Crippen LogP contribution is -2.29. The SMILES string of the molecule is CCOc1ccc(/C(O)=C2\C(=O)C(=O)N(c3nc4ccc(OC)cc4s3)C2c2ccc(OCCC(C)C)c(OC)c2)cc1. The Morgan fingerprint density at radius 2 is 1.70 bits per heavy atom. The minimum absolute atomic E-state index is 0.0541. The molecule has 0 aliphatic carbocycles. The number of aliphatic hydroxyl groups is 1. The van der Waals surface area contributed by atoms with Gasteiger partial charge in [-0.25, -0.2) is 4.98 Å². The summed E-state index contributed by atoms with van der Waals surface area (Å²) < 4.78 is 23.3. The van der Waals surface area contributed by atoms with Crippen LogP contribution in [-0.4, -0.2) is 49.2 Å². The number of hydrogen-bond donors (Lipinski definition) is 1. The van der Waals surface area contributed by atoms with Gasteiger partial charge in [-0.15, -0.1) is 0 Å². The molecule has 1 atom stereocenters. The maximum Gasteiger partial charge on any atom is 0.301 e. The molecule has 2 heterocycles. The molecule has 1 saturated heterocycles. The summed E-state index contributed by atoms with van der Waals surface area (Å²) in [4.78, 5) is 33.4. The Morgan fingerprint density at radius 1 is 0.953 bits per heavy atom. The first kappa shape index (κ1) is 29.9. The van der Waals surface area contributed by atoms with Crippen LogP contribution in [0.15, 0.2) is 66.2 Å². The molecular weight excluding hydrogens is 568 g/mol. The van der Waals surface area contributed by atoms with Crippen LogP contribution in [-0.2, 0) is 9.59 Å². The summed E-state index contributed by atoms with van der Waals surface area (Å²) in [6, 6.07) is 16.4. The molecule has 1 amide bonds. The van der Waals surface area contributed by atoms with Crippen LogP contribution in [0.3, 0.4) is 0 Å². The van der Waals surface area contributed by atoms with Gasteiger partial charge in [0.1, 0.15) is 17.3 Å². The molecule has 1 unspecified atom stereocenters. The molecule has 1 fully saturated rings. The molecule has 3 aromatic carbocycles. The molecule has 9 nitrogen and oxygen atoms in total. The fourth-order valence-corrected chi connectivity index (χ4v) is 5.90. The monoisotopic (exact) mass is 602 g/mol. The van der Waals surface area contributed by atoms with Gasteiger partial charge in [-0.1, -0.05) is 31.3 Å². The Labute approximate surface area is 254 Å². The molecule has 10 heteroatoms. The van der Waals surface area contributed by atoms with Crippen LogP contribution in [0.4, 0.5) is 5.13 Å². The number of anilines is 1. The fourth-order valence-electron chi connectivity index (χ4n) is 4.88. The zero-order chi connectivity index (χ0) is 30.7. The molecule has 0 radical (unpaired) electrons. The van der Waals surface area contributed by atoms with Crippen LogP contribution < -0.4 is 23.8 Å². The summed E-state index contributed by atoms with van der Waals surface area (Å²) in [7, 11) is 3.11. The third kappa shape index (κ3) is 6.01. The molecule has 43 heavy (non-hydrogen) atoms. The number of thiazole rings is 1. The van der Waals surface area contributed by atoms with Crippen molar-refractivity contribution >= 4 is 44.1 Å². The molecule has 5 rings (SSSR count). The molecule has 1 aliphatic rings. The first-order valence-corrected chi connectivity index (χ1v) is 14.9. The van der Waals surface area contributed by atoms with Gasteiger partial charge in [0, 0.05) is 5.56 Å². The van der Waals surface area contributed by atoms with E-state index in [2.05, 4.69) is 18.8 Å². The maximum absolute atomic E-state index is 13.7. The minimum Gasteiger partial charge on any atom is -0.507 e. The van der Waals surface area contributed by atoms with E-state index in [0.29, 0.717) is 63.9 Å². The number of benzene rings is 3. The van der Waals surface area contributed by atoms with E-state index in [1.54, 1.807) is 61.7 Å². The van der Waals surface area contributed by atoms with E-state index < -0.39 is 17.7 Å². The number of methoxy groups -OCH3 is 2. The van der Waals surface area contributed by atoms with Crippen molar-refractivity contribution in [3.63, 3.8) is 0 Å². The average Bonchev–Trinajstić information content (AvgIpc) is 3.54. The number of rotatable bonds is 11. The average molecular weight is 603 g/mol. The van der Waals surface area contributed by atoms with Gasteiger partial charge in [0.15, 0.2) is 16.6 Å². The number of nitrogens with zero attached hydrogens (tertiary/aromatic N) is 2. The second-order valence-corrected chi connectivity index (χ2v) is 11.4. The Balaban J connectivity index is 1.64. The van der Waals surface area contributed by atoms with Gasteiger partial charge in [-0.2, -0.15) is 0 Å². The largest absolute Gasteiger partial charge is 0.507 e. The number of hydrogen-bond acceptors (Lipinski definition) is 9. The Bertz CT molecular complexity index is 1680. The lowest BCUT2D eigenvalue weighted by atomic mass is 9.95. The van der Waals surface area contributed by atoms with Crippen molar-refractivity contribution in [2.45, 2.75) is 33.2 Å². The van der Waals surface area contributed by atoms with Crippen molar-refractivity contribution in [1.82, 2.24) is 4.98 Å². The van der Waals surface area contributed by atoms with Crippen molar-refractivity contribution in [3.8, 4) is 23.0 Å². The number of aromatic nitrogens is 1. The second-order valence-electron chi connectivity index (χ2n) is 10.4. The van der Waals surface area contributed by atoms with Gasteiger partial charge in [-0.3, -0.25) is 14.5 Å². The van der Waals surface area contributed by atoms with Crippen LogP contribution in [0.2, 0.25) is 0 Å². The van der Waals surface area contributed by atoms with E-state index >= 15 is 0 Å². The zero-order valence-electron chi connectivity index (χ0n) is 24.7. The highest BCUT2D eigenvalue weighted by Crippen LogP contribution is 2.46. The van der Waals surface area contributed by atoms with E-state index in [4.69, 9.17) is 18.9 Å². The molecule has 1 aromatic heterocycles. The summed E-state index contributed by atoms with van der Waals surface area (Å²) >= 11 is 1.26. The lowest BCUT2D eigenvalue weighted by molar-refractivity contribution is -0.132. The summed E-state index contributed by atoms with van der Waals surface area (Å²) in [5, 5.41) is 11.8. The first-order valence-electron chi connectivity index (χ1n) is 14.0. The molecule has 0 spiro atoms. The molecule has 0 saturated carbocycles. The van der Waals surface area contributed by atoms with Gasteiger partial charge >= 0.3 is 5.91 Å². The van der Waals surface area contributed by atoms with Crippen LogP contribution in [0.25, 0.3) is 16.0 Å². The smallest absolute Gasteiger partial charge is 0.301 e. The standard InChI is InChI=1S/C33H34N2O7S/c1-6-41-22-10-7-20(8-11-22)30(36)28-29(21-9-14-25(26(17-21)40-5)42-16-15-19(2)3)35(32(38)31(28)37)33-34-24-13-12-23(39-4)18-27(24)43-33/h7-14,17-19,29,36H,6,15-16H2,1-5H3/b30-28+. The Hall–Kier alpha value is -4.57. The quantitative estimate of drug-likeness (QED) is 0.114. The highest BCUT2D eigenvalue weighted by atomic mass is 32.1. The fraction of sp³-hybridized carbons (Fsp3) is 0.303. The van der Waals surface area contributed by atoms with Crippen LogP contribution >= 0.6 is 11.3 Å². The van der Waals surface area contributed by atoms with Crippen molar-refractivity contribution in [1.29, 1.82) is 0 Å². The summed E-state index contributed by atoms with van der Waals surface area (Å²) in [5.74, 6) is 0.830. The maximum atomic E-state index is 13.7. The summed E-state index contributed by atoms with van der Waals surface area (Å²) in [5.41, 5.74) is 1.53. The number of carbonyl (C=O) groups excluding carboxylic acids is 2. The third-order valence-electron chi connectivity index (χ3n) is 7.13. The van der Waals surface area contributed by atoms with Crippen molar-refractivity contribution < 1.29 is 33.6 Å². The summed E-state index contributed by atoms with van der Waals surface area (Å²) in [6.45, 7) is 7.12. The highest BCUT2D eigenvalue weighted by molar-refractivity contribution is 7.22. The molecular formula is C33H34N2O7S. The number of ketones is 1. The minimum atomic E-state index is -0.979. The van der Waals surface area contributed by atoms with E-state index in [1.807, 2.05) is 13.0 Å². The summed E-state index contributed by atoms with van der Waals surface area (Å²) in [6.07, 6.45) is 0.871. The number of fused-ring (bicyclic) bond motifs is 1. The van der Waals surface area contributed by atoms with Crippen LogP contribution in [0.5, 0.6) is 23.0 Å². The predicted molar refractivity (Wildman–Crippen MR) is 167 cm³/mol. The van der Waals surface area contributed by atoms with E-state index in [1.165, 1.54) is 23.3 Å². The normalized spacial score (nSPS) is 16.2. The van der Waals surface area contributed by atoms with Crippen molar-refractivity contribution in [3.05, 3.63) is 77.4 Å². The molecule has 224 valence electrons. The predicted octanol–water partition coefficient (Wildman–Crippen LogP) is 6.76. The molecule has 1 aliphatic heterocycles. The molecule has 4 aromatic rings. The zero-order valence-corrected chi connectivity index (χ0v) is 25.6. The number of carbonyl (C=O) groups is 2. The number of amides is 1. The van der Waals surface area contributed by atoms with E-state index in [9.17, 15) is 14.7 Å². The number of aliphatic hydroxyl groups excluding tert-OH is 1. The molecule has 0 bridgehead atoms. The van der Waals surface area contributed by atoms with Crippen LogP contribution in [0, 0.1) is 5.92 Å². The first-order chi connectivity index (χ1) is 20.7. The lowest BCUT2D eigenvalue weighted by Gasteiger charge is -2.24. The van der Waals surface area contributed by atoms with Gasteiger partial charge in [-0.05, 0) is 79.4 Å². The van der Waals surface area contributed by atoms with E-state index in [-0.39, 0.29) is 11.3 Å². The van der Waals surface area contributed by atoms with Crippen molar-refractivity contribution in [2.24, 2.45) is 5.92 Å². The second kappa shape index (κ2) is 12.7. The van der Waals surface area contributed by atoms with Gasteiger partial charge in [0.2, 0.25) is 0 Å². The number of Topliss-reactive ketones (excluding diaryl/α,β-unsaturated/α-hetero) is 1. The number of ether oxygens (including phenoxy) is 4. The van der Waals surface area contributed by atoms with Gasteiger partial charge < -0.3 is 24.1 Å².